The van der Waals surface area contributed by atoms with Gasteiger partial charge in [-0.25, -0.2) is 8.42 Å². The van der Waals surface area contributed by atoms with Crippen LogP contribution in [0.4, 0.5) is 0 Å². The summed E-state index contributed by atoms with van der Waals surface area (Å²) in [5.41, 5.74) is -0.336. The molecule has 1 aliphatic rings. The Balaban J connectivity index is 1.88. The minimum Gasteiger partial charge on any atom is -0.299 e. The average molecular weight is 327 g/mol. The highest BCUT2D eigenvalue weighted by molar-refractivity contribution is 7.91. The molecule has 3 nitrogen and oxygen atoms in total. The van der Waals surface area contributed by atoms with Crippen LogP contribution in [0, 0.1) is 0 Å². The van der Waals surface area contributed by atoms with Gasteiger partial charge in [0, 0.05) is 15.3 Å². The second-order valence-corrected chi connectivity index (χ2v) is 9.65. The fraction of sp³-hybridized carbons (Fsp3) is 0.429. The zero-order chi connectivity index (χ0) is 14.2. The van der Waals surface area contributed by atoms with Gasteiger partial charge in [0.2, 0.25) is 0 Å². The van der Waals surface area contributed by atoms with Gasteiger partial charge >= 0.3 is 0 Å². The van der Waals surface area contributed by atoms with E-state index < -0.39 is 9.84 Å². The van der Waals surface area contributed by atoms with Crippen molar-refractivity contribution in [3.8, 4) is 0 Å². The van der Waals surface area contributed by atoms with Crippen LogP contribution in [0.2, 0.25) is 0 Å². The SMILES string of the molecule is CC1(NC(c2cccs2)c2cccs2)CCS(=O)(=O)C1. The molecule has 1 N–H and O–H groups in total. The first-order valence-corrected chi connectivity index (χ1v) is 10.1. The number of hydrogen-bond acceptors (Lipinski definition) is 5. The van der Waals surface area contributed by atoms with Crippen molar-refractivity contribution in [3.05, 3.63) is 44.8 Å². The molecule has 108 valence electrons. The van der Waals surface area contributed by atoms with E-state index in [1.807, 2.05) is 19.1 Å². The van der Waals surface area contributed by atoms with Gasteiger partial charge in [-0.2, -0.15) is 0 Å². The molecule has 1 unspecified atom stereocenters. The number of rotatable bonds is 4. The lowest BCUT2D eigenvalue weighted by Gasteiger charge is -2.29. The summed E-state index contributed by atoms with van der Waals surface area (Å²) in [5, 5.41) is 7.72. The van der Waals surface area contributed by atoms with Crippen molar-refractivity contribution in [2.75, 3.05) is 11.5 Å². The summed E-state index contributed by atoms with van der Waals surface area (Å²) in [6.45, 7) is 2.02. The van der Waals surface area contributed by atoms with Gasteiger partial charge < -0.3 is 0 Å². The van der Waals surface area contributed by atoms with Gasteiger partial charge in [-0.3, -0.25) is 5.32 Å². The Morgan fingerprint density at radius 3 is 2.20 bits per heavy atom. The molecule has 2 aromatic rings. The van der Waals surface area contributed by atoms with Crippen molar-refractivity contribution in [1.29, 1.82) is 0 Å². The lowest BCUT2D eigenvalue weighted by molar-refractivity contribution is 0.371. The third-order valence-corrected chi connectivity index (χ3v) is 7.43. The summed E-state index contributed by atoms with van der Waals surface area (Å²) in [6.07, 6.45) is 0.683. The second kappa shape index (κ2) is 5.26. The van der Waals surface area contributed by atoms with Gasteiger partial charge in [0.25, 0.3) is 0 Å². The maximum absolute atomic E-state index is 11.8. The Morgan fingerprint density at radius 2 is 1.80 bits per heavy atom. The van der Waals surface area contributed by atoms with E-state index in [4.69, 9.17) is 0 Å². The van der Waals surface area contributed by atoms with Gasteiger partial charge in [-0.1, -0.05) is 12.1 Å². The van der Waals surface area contributed by atoms with Crippen LogP contribution >= 0.6 is 22.7 Å². The molecule has 6 heteroatoms. The van der Waals surface area contributed by atoms with Gasteiger partial charge in [0.1, 0.15) is 0 Å². The smallest absolute Gasteiger partial charge is 0.152 e. The van der Waals surface area contributed by atoms with Crippen molar-refractivity contribution in [3.63, 3.8) is 0 Å². The van der Waals surface area contributed by atoms with Crippen molar-refractivity contribution >= 4 is 32.5 Å². The molecule has 0 spiro atoms. The van der Waals surface area contributed by atoms with Gasteiger partial charge in [0.15, 0.2) is 9.84 Å². The van der Waals surface area contributed by atoms with E-state index in [1.54, 1.807) is 22.7 Å². The summed E-state index contributed by atoms with van der Waals surface area (Å²) in [5.74, 6) is 0.519. The highest BCUT2D eigenvalue weighted by atomic mass is 32.2. The minimum atomic E-state index is -2.89. The average Bonchev–Trinajstić information content (AvgIpc) is 3.08. The molecule has 0 bridgehead atoms. The molecular formula is C14H17NO2S3. The van der Waals surface area contributed by atoms with Gasteiger partial charge in [0.05, 0.1) is 17.5 Å². The fourth-order valence-electron chi connectivity index (χ4n) is 2.67. The Bertz CT molecular complexity index is 627. The van der Waals surface area contributed by atoms with E-state index in [1.165, 1.54) is 9.75 Å². The zero-order valence-electron chi connectivity index (χ0n) is 11.2. The van der Waals surface area contributed by atoms with Crippen LogP contribution in [0.5, 0.6) is 0 Å². The number of nitrogens with one attached hydrogen (secondary N) is 1. The molecular weight excluding hydrogens is 310 g/mol. The minimum absolute atomic E-state index is 0.0910. The summed E-state index contributed by atoms with van der Waals surface area (Å²) in [4.78, 5) is 2.47. The van der Waals surface area contributed by atoms with E-state index >= 15 is 0 Å². The number of thiophene rings is 2. The van der Waals surface area contributed by atoms with E-state index in [0.29, 0.717) is 6.42 Å². The lowest BCUT2D eigenvalue weighted by Crippen LogP contribution is -2.45. The van der Waals surface area contributed by atoms with Gasteiger partial charge in [-0.05, 0) is 36.2 Å². The Hall–Kier alpha value is -0.690. The lowest BCUT2D eigenvalue weighted by atomic mass is 9.99. The quantitative estimate of drug-likeness (QED) is 0.939. The first-order chi connectivity index (χ1) is 9.48. The van der Waals surface area contributed by atoms with Crippen molar-refractivity contribution in [2.45, 2.75) is 24.9 Å². The number of hydrogen-bond donors (Lipinski definition) is 1. The second-order valence-electron chi connectivity index (χ2n) is 5.51. The molecule has 20 heavy (non-hydrogen) atoms. The predicted molar refractivity (Wildman–Crippen MR) is 85.3 cm³/mol. The molecule has 2 aromatic heterocycles. The molecule has 0 saturated carbocycles. The van der Waals surface area contributed by atoms with E-state index in [2.05, 4.69) is 28.2 Å². The molecule has 3 rings (SSSR count). The van der Waals surface area contributed by atoms with Crippen LogP contribution in [0.25, 0.3) is 0 Å². The topological polar surface area (TPSA) is 46.2 Å². The van der Waals surface area contributed by atoms with Crippen LogP contribution in [0.1, 0.15) is 29.1 Å². The Kier molecular flexibility index (Phi) is 3.75. The Morgan fingerprint density at radius 1 is 1.20 bits per heavy atom. The summed E-state index contributed by atoms with van der Waals surface area (Å²) < 4.78 is 23.5. The first-order valence-electron chi connectivity index (χ1n) is 6.52. The monoisotopic (exact) mass is 327 g/mol. The van der Waals surface area contributed by atoms with Crippen LogP contribution in [0.15, 0.2) is 35.0 Å². The van der Waals surface area contributed by atoms with Crippen molar-refractivity contribution < 1.29 is 8.42 Å². The maximum atomic E-state index is 11.8. The molecule has 1 aliphatic heterocycles. The Labute approximate surface area is 127 Å². The third-order valence-electron chi connectivity index (χ3n) is 3.65. The van der Waals surface area contributed by atoms with E-state index in [9.17, 15) is 8.42 Å². The van der Waals surface area contributed by atoms with Crippen molar-refractivity contribution in [1.82, 2.24) is 5.32 Å². The zero-order valence-corrected chi connectivity index (χ0v) is 13.7. The normalized spacial score (nSPS) is 25.3. The highest BCUT2D eigenvalue weighted by Gasteiger charge is 2.40. The molecule has 0 amide bonds. The van der Waals surface area contributed by atoms with Crippen molar-refractivity contribution in [2.24, 2.45) is 0 Å². The summed E-state index contributed by atoms with van der Waals surface area (Å²) in [7, 11) is -2.89. The predicted octanol–water partition coefficient (Wildman–Crippen LogP) is 3.07. The molecule has 1 fully saturated rings. The molecule has 0 radical (unpaired) electrons. The van der Waals surface area contributed by atoms with Crippen LogP contribution in [-0.4, -0.2) is 25.5 Å². The van der Waals surface area contributed by atoms with E-state index in [-0.39, 0.29) is 23.1 Å². The summed E-state index contributed by atoms with van der Waals surface area (Å²) >= 11 is 3.41. The molecule has 0 aliphatic carbocycles. The fourth-order valence-corrected chi connectivity index (χ4v) is 6.43. The van der Waals surface area contributed by atoms with Crippen LogP contribution in [-0.2, 0) is 9.84 Å². The van der Waals surface area contributed by atoms with Gasteiger partial charge in [-0.15, -0.1) is 22.7 Å². The first kappa shape index (κ1) is 14.3. The highest BCUT2D eigenvalue weighted by Crippen LogP contribution is 2.34. The standard InChI is InChI=1S/C14H17NO2S3/c1-14(6-9-20(16,17)10-14)15-13(11-4-2-7-18-11)12-5-3-8-19-12/h2-5,7-8,13,15H,6,9-10H2,1H3. The molecule has 1 saturated heterocycles. The molecule has 0 aromatic carbocycles. The largest absolute Gasteiger partial charge is 0.299 e. The third kappa shape index (κ3) is 2.98. The van der Waals surface area contributed by atoms with E-state index in [0.717, 1.165) is 0 Å². The van der Waals surface area contributed by atoms with Crippen LogP contribution in [0.3, 0.4) is 0 Å². The maximum Gasteiger partial charge on any atom is 0.152 e. The number of sulfone groups is 1. The molecule has 1 atom stereocenters. The molecule has 3 heterocycles. The summed E-state index contributed by atoms with van der Waals surface area (Å²) in [6, 6.07) is 8.38. The van der Waals surface area contributed by atoms with Crippen LogP contribution < -0.4 is 5.32 Å².